The molecule has 0 aliphatic carbocycles. The summed E-state index contributed by atoms with van der Waals surface area (Å²) in [5.41, 5.74) is 2.48. The van der Waals surface area contributed by atoms with Crippen molar-refractivity contribution < 1.29 is 9.59 Å². The highest BCUT2D eigenvalue weighted by Gasteiger charge is 2.24. The normalized spacial score (nSPS) is 13.9. The molecule has 0 saturated carbocycles. The third kappa shape index (κ3) is 4.22. The van der Waals surface area contributed by atoms with Crippen LogP contribution in [0.25, 0.3) is 0 Å². The molecule has 0 bridgehead atoms. The van der Waals surface area contributed by atoms with Crippen LogP contribution in [0.15, 0.2) is 48.1 Å². The van der Waals surface area contributed by atoms with Crippen LogP contribution in [-0.2, 0) is 22.6 Å². The van der Waals surface area contributed by atoms with E-state index in [9.17, 15) is 9.59 Å². The number of rotatable bonds is 6. The predicted molar refractivity (Wildman–Crippen MR) is 104 cm³/mol. The van der Waals surface area contributed by atoms with Crippen molar-refractivity contribution in [3.05, 3.63) is 59.4 Å². The standard InChI is InChI=1S/C19H19N5O2S/c25-17(11-16-13-27-19(22-16)24-9-2-6-18(24)26)21-15-5-1-4-14(10-15)12-23-8-3-7-20-23/h1,3-5,7-8,10,13H,2,6,9,11-12H2,(H,21,25). The van der Waals surface area contributed by atoms with Crippen LogP contribution < -0.4 is 10.2 Å². The fourth-order valence-corrected chi connectivity index (χ4v) is 3.92. The van der Waals surface area contributed by atoms with Gasteiger partial charge in [0.2, 0.25) is 11.8 Å². The average Bonchev–Trinajstić information content (AvgIpc) is 3.38. The highest BCUT2D eigenvalue weighted by atomic mass is 32.1. The number of carbonyl (C=O) groups is 2. The summed E-state index contributed by atoms with van der Waals surface area (Å²) in [6.07, 6.45) is 5.26. The first-order valence-electron chi connectivity index (χ1n) is 8.78. The predicted octanol–water partition coefficient (Wildman–Crippen LogP) is 2.70. The van der Waals surface area contributed by atoms with Crippen LogP contribution in [0, 0.1) is 0 Å². The highest BCUT2D eigenvalue weighted by Crippen LogP contribution is 2.25. The maximum Gasteiger partial charge on any atom is 0.230 e. The van der Waals surface area contributed by atoms with Gasteiger partial charge >= 0.3 is 0 Å². The molecule has 1 aromatic carbocycles. The molecule has 1 aliphatic rings. The first kappa shape index (κ1) is 17.4. The zero-order chi connectivity index (χ0) is 18.6. The molecule has 3 aromatic rings. The SMILES string of the molecule is O=C(Cc1csc(N2CCCC2=O)n1)Nc1cccc(Cn2cccn2)c1. The largest absolute Gasteiger partial charge is 0.326 e. The molecule has 4 rings (SSSR count). The number of benzene rings is 1. The Kier molecular flexibility index (Phi) is 4.97. The number of amides is 2. The Hall–Kier alpha value is -3.00. The third-order valence-electron chi connectivity index (χ3n) is 4.30. The Labute approximate surface area is 160 Å². The van der Waals surface area contributed by atoms with Crippen molar-refractivity contribution in [1.29, 1.82) is 0 Å². The molecule has 1 fully saturated rings. The number of aromatic nitrogens is 3. The molecule has 8 heteroatoms. The number of hydrogen-bond acceptors (Lipinski definition) is 5. The van der Waals surface area contributed by atoms with Gasteiger partial charge in [0.25, 0.3) is 0 Å². The molecule has 2 aromatic heterocycles. The number of carbonyl (C=O) groups excluding carboxylic acids is 2. The minimum Gasteiger partial charge on any atom is -0.326 e. The summed E-state index contributed by atoms with van der Waals surface area (Å²) in [7, 11) is 0. The molecule has 7 nitrogen and oxygen atoms in total. The van der Waals surface area contributed by atoms with Crippen molar-refractivity contribution in [2.45, 2.75) is 25.8 Å². The van der Waals surface area contributed by atoms with Crippen LogP contribution in [-0.4, -0.2) is 33.1 Å². The van der Waals surface area contributed by atoms with Gasteiger partial charge in [-0.2, -0.15) is 5.10 Å². The van der Waals surface area contributed by atoms with Crippen molar-refractivity contribution >= 4 is 34.0 Å². The molecule has 3 heterocycles. The van der Waals surface area contributed by atoms with Gasteiger partial charge in [0.05, 0.1) is 18.7 Å². The lowest BCUT2D eigenvalue weighted by molar-refractivity contribution is -0.117. The van der Waals surface area contributed by atoms with E-state index in [1.807, 2.05) is 46.6 Å². The number of nitrogens with one attached hydrogen (secondary N) is 1. The number of hydrogen-bond donors (Lipinski definition) is 1. The molecular formula is C19H19N5O2S. The first-order chi connectivity index (χ1) is 13.2. The van der Waals surface area contributed by atoms with Gasteiger partial charge in [-0.1, -0.05) is 12.1 Å². The van der Waals surface area contributed by atoms with E-state index in [-0.39, 0.29) is 18.2 Å². The van der Waals surface area contributed by atoms with Gasteiger partial charge < -0.3 is 5.32 Å². The Bertz CT molecular complexity index is 951. The second-order valence-electron chi connectivity index (χ2n) is 6.40. The van der Waals surface area contributed by atoms with E-state index in [0.29, 0.717) is 30.3 Å². The van der Waals surface area contributed by atoms with Gasteiger partial charge in [0.1, 0.15) is 0 Å². The summed E-state index contributed by atoms with van der Waals surface area (Å²) < 4.78 is 1.83. The molecule has 0 atom stereocenters. The summed E-state index contributed by atoms with van der Waals surface area (Å²) >= 11 is 1.41. The topological polar surface area (TPSA) is 80.1 Å². The molecule has 1 N–H and O–H groups in total. The van der Waals surface area contributed by atoms with Crippen LogP contribution in [0.3, 0.4) is 0 Å². The van der Waals surface area contributed by atoms with Crippen molar-refractivity contribution in [1.82, 2.24) is 14.8 Å². The fraction of sp³-hybridized carbons (Fsp3) is 0.263. The van der Waals surface area contributed by atoms with Gasteiger partial charge in [-0.15, -0.1) is 11.3 Å². The minimum absolute atomic E-state index is 0.106. The van der Waals surface area contributed by atoms with Crippen molar-refractivity contribution in [2.75, 3.05) is 16.8 Å². The van der Waals surface area contributed by atoms with Crippen LogP contribution in [0.2, 0.25) is 0 Å². The van der Waals surface area contributed by atoms with E-state index in [1.165, 1.54) is 11.3 Å². The molecule has 1 aliphatic heterocycles. The quantitative estimate of drug-likeness (QED) is 0.712. The monoisotopic (exact) mass is 381 g/mol. The minimum atomic E-state index is -0.129. The number of nitrogens with zero attached hydrogens (tertiary/aromatic N) is 4. The van der Waals surface area contributed by atoms with E-state index in [4.69, 9.17) is 0 Å². The number of anilines is 2. The molecule has 27 heavy (non-hydrogen) atoms. The Morgan fingerprint density at radius 1 is 1.30 bits per heavy atom. The van der Waals surface area contributed by atoms with Gasteiger partial charge in [-0.25, -0.2) is 4.98 Å². The van der Waals surface area contributed by atoms with Crippen LogP contribution in [0.5, 0.6) is 0 Å². The summed E-state index contributed by atoms with van der Waals surface area (Å²) in [5.74, 6) is -0.0230. The summed E-state index contributed by atoms with van der Waals surface area (Å²) in [6, 6.07) is 9.59. The van der Waals surface area contributed by atoms with Gasteiger partial charge in [0.15, 0.2) is 5.13 Å². The van der Waals surface area contributed by atoms with E-state index < -0.39 is 0 Å². The second kappa shape index (κ2) is 7.71. The first-order valence-corrected chi connectivity index (χ1v) is 9.66. The number of thiazole rings is 1. The maximum absolute atomic E-state index is 12.4. The van der Waals surface area contributed by atoms with Crippen molar-refractivity contribution in [2.24, 2.45) is 0 Å². The molecule has 2 amide bonds. The zero-order valence-electron chi connectivity index (χ0n) is 14.7. The molecule has 0 spiro atoms. The fourth-order valence-electron chi connectivity index (χ4n) is 3.05. The summed E-state index contributed by atoms with van der Waals surface area (Å²) in [6.45, 7) is 1.36. The van der Waals surface area contributed by atoms with E-state index in [1.54, 1.807) is 11.1 Å². The lowest BCUT2D eigenvalue weighted by atomic mass is 10.2. The van der Waals surface area contributed by atoms with Crippen molar-refractivity contribution in [3.63, 3.8) is 0 Å². The average molecular weight is 381 g/mol. The Morgan fingerprint density at radius 3 is 3.00 bits per heavy atom. The smallest absolute Gasteiger partial charge is 0.230 e. The molecular weight excluding hydrogens is 362 g/mol. The molecule has 0 radical (unpaired) electrons. The van der Waals surface area contributed by atoms with Gasteiger partial charge in [-0.05, 0) is 30.2 Å². The lowest BCUT2D eigenvalue weighted by Gasteiger charge is -2.10. The Morgan fingerprint density at radius 2 is 2.22 bits per heavy atom. The van der Waals surface area contributed by atoms with Crippen LogP contribution >= 0.6 is 11.3 Å². The zero-order valence-corrected chi connectivity index (χ0v) is 15.5. The van der Waals surface area contributed by atoms with E-state index in [0.717, 1.165) is 17.7 Å². The molecule has 0 unspecified atom stereocenters. The van der Waals surface area contributed by atoms with Crippen LogP contribution in [0.4, 0.5) is 10.8 Å². The summed E-state index contributed by atoms with van der Waals surface area (Å²) in [5, 5.41) is 9.63. The van der Waals surface area contributed by atoms with E-state index in [2.05, 4.69) is 15.4 Å². The van der Waals surface area contributed by atoms with Gasteiger partial charge in [-0.3, -0.25) is 19.2 Å². The van der Waals surface area contributed by atoms with Crippen molar-refractivity contribution in [3.8, 4) is 0 Å². The second-order valence-corrected chi connectivity index (χ2v) is 7.24. The Balaban J connectivity index is 1.37. The maximum atomic E-state index is 12.4. The molecule has 1 saturated heterocycles. The van der Waals surface area contributed by atoms with E-state index >= 15 is 0 Å². The highest BCUT2D eigenvalue weighted by molar-refractivity contribution is 7.14. The van der Waals surface area contributed by atoms with Crippen LogP contribution in [0.1, 0.15) is 24.1 Å². The van der Waals surface area contributed by atoms with Gasteiger partial charge in [0, 0.05) is 36.4 Å². The third-order valence-corrected chi connectivity index (χ3v) is 5.21. The molecule has 138 valence electrons. The summed E-state index contributed by atoms with van der Waals surface area (Å²) in [4.78, 5) is 30.3. The lowest BCUT2D eigenvalue weighted by Crippen LogP contribution is -2.23.